The number of aromatic nitrogens is 1. The summed E-state index contributed by atoms with van der Waals surface area (Å²) in [6, 6.07) is 12.7. The predicted octanol–water partition coefficient (Wildman–Crippen LogP) is 4.11. The number of rotatable bonds is 4. The first kappa shape index (κ1) is 19.4. The molecule has 3 aromatic rings. The van der Waals surface area contributed by atoms with Crippen LogP contribution in [0.5, 0.6) is 0 Å². The van der Waals surface area contributed by atoms with Crippen LogP contribution in [-0.2, 0) is 16.1 Å². The molecule has 2 aromatic carbocycles. The summed E-state index contributed by atoms with van der Waals surface area (Å²) in [6.07, 6.45) is 0. The fraction of sp³-hybridized carbons (Fsp3) is 0.227. The number of hydrogen-bond donors (Lipinski definition) is 0. The SMILES string of the molecule is Cc1ccc(-c2nc(CN3N=N[C@H]4C(=O)N(c5ccc(Cl)cc5)C(=O)[C@H]43)c(C)o2)cc1. The van der Waals surface area contributed by atoms with Crippen LogP contribution in [0.25, 0.3) is 11.5 Å². The van der Waals surface area contributed by atoms with Crippen molar-refractivity contribution in [2.24, 2.45) is 10.3 Å². The number of aryl methyl sites for hydroxylation is 2. The topological polar surface area (TPSA) is 91.4 Å². The Morgan fingerprint density at radius 2 is 1.71 bits per heavy atom. The third kappa shape index (κ3) is 3.29. The lowest BCUT2D eigenvalue weighted by molar-refractivity contribution is -0.123. The smallest absolute Gasteiger partial charge is 0.263 e. The van der Waals surface area contributed by atoms with Gasteiger partial charge in [0.2, 0.25) is 5.89 Å². The molecule has 0 aliphatic carbocycles. The lowest BCUT2D eigenvalue weighted by Crippen LogP contribution is -2.39. The summed E-state index contributed by atoms with van der Waals surface area (Å²) in [5.41, 5.74) is 3.11. The molecule has 1 saturated heterocycles. The van der Waals surface area contributed by atoms with Gasteiger partial charge in [-0.15, -0.1) is 0 Å². The number of carbonyl (C=O) groups excluding carboxylic acids is 2. The van der Waals surface area contributed by atoms with Crippen LogP contribution < -0.4 is 4.90 Å². The molecular weight excluding hydrogens is 418 g/mol. The van der Waals surface area contributed by atoms with E-state index in [1.165, 1.54) is 5.01 Å². The van der Waals surface area contributed by atoms with Crippen LogP contribution in [0.2, 0.25) is 5.02 Å². The maximum absolute atomic E-state index is 13.1. The number of imide groups is 1. The van der Waals surface area contributed by atoms with Gasteiger partial charge in [0, 0.05) is 10.6 Å². The highest BCUT2D eigenvalue weighted by molar-refractivity contribution is 6.31. The number of halogens is 1. The average molecular weight is 436 g/mol. The molecule has 5 rings (SSSR count). The average Bonchev–Trinajstić information content (AvgIpc) is 3.40. The van der Waals surface area contributed by atoms with Gasteiger partial charge in [0.25, 0.3) is 11.8 Å². The molecule has 0 radical (unpaired) electrons. The van der Waals surface area contributed by atoms with Crippen molar-refractivity contribution in [3.63, 3.8) is 0 Å². The van der Waals surface area contributed by atoms with E-state index in [0.29, 0.717) is 28.1 Å². The molecule has 2 aliphatic heterocycles. The van der Waals surface area contributed by atoms with Gasteiger partial charge in [-0.05, 0) is 50.2 Å². The van der Waals surface area contributed by atoms with Crippen LogP contribution in [0, 0.1) is 13.8 Å². The number of benzene rings is 2. The minimum atomic E-state index is -0.869. The molecule has 0 unspecified atom stereocenters. The first-order valence-electron chi connectivity index (χ1n) is 9.76. The van der Waals surface area contributed by atoms with Crippen molar-refractivity contribution >= 4 is 29.1 Å². The Labute approximate surface area is 183 Å². The second kappa shape index (κ2) is 7.31. The maximum Gasteiger partial charge on any atom is 0.263 e. The van der Waals surface area contributed by atoms with Gasteiger partial charge >= 0.3 is 0 Å². The second-order valence-corrected chi connectivity index (χ2v) is 8.00. The van der Waals surface area contributed by atoms with Crippen molar-refractivity contribution in [2.75, 3.05) is 4.90 Å². The Bertz CT molecular complexity index is 1200. The van der Waals surface area contributed by atoms with E-state index in [0.717, 1.165) is 16.0 Å². The highest BCUT2D eigenvalue weighted by atomic mass is 35.5. The summed E-state index contributed by atoms with van der Waals surface area (Å²) in [7, 11) is 0. The summed E-state index contributed by atoms with van der Waals surface area (Å²) in [5, 5.41) is 10.2. The van der Waals surface area contributed by atoms with Gasteiger partial charge < -0.3 is 4.42 Å². The molecule has 2 aliphatic rings. The predicted molar refractivity (Wildman–Crippen MR) is 113 cm³/mol. The zero-order valence-corrected chi connectivity index (χ0v) is 17.6. The van der Waals surface area contributed by atoms with E-state index in [1.54, 1.807) is 24.3 Å². The van der Waals surface area contributed by atoms with Crippen molar-refractivity contribution in [2.45, 2.75) is 32.5 Å². The monoisotopic (exact) mass is 435 g/mol. The Hall–Kier alpha value is -3.52. The summed E-state index contributed by atoms with van der Waals surface area (Å²) in [6.45, 7) is 4.03. The van der Waals surface area contributed by atoms with Gasteiger partial charge in [-0.1, -0.05) is 34.5 Å². The Morgan fingerprint density at radius 1 is 1.00 bits per heavy atom. The van der Waals surface area contributed by atoms with Crippen molar-refractivity contribution in [3.05, 3.63) is 70.6 Å². The maximum atomic E-state index is 13.1. The normalized spacial score (nSPS) is 20.1. The molecule has 156 valence electrons. The van der Waals surface area contributed by atoms with Crippen molar-refractivity contribution in [1.29, 1.82) is 0 Å². The summed E-state index contributed by atoms with van der Waals surface area (Å²) >= 11 is 5.92. The van der Waals surface area contributed by atoms with Crippen LogP contribution in [0.15, 0.2) is 63.3 Å². The summed E-state index contributed by atoms with van der Waals surface area (Å²) in [5.74, 6) is 0.348. The molecule has 2 atom stereocenters. The second-order valence-electron chi connectivity index (χ2n) is 7.57. The van der Waals surface area contributed by atoms with Crippen LogP contribution in [-0.4, -0.2) is 33.9 Å². The lowest BCUT2D eigenvalue weighted by atomic mass is 10.1. The number of oxazole rings is 1. The van der Waals surface area contributed by atoms with Crippen molar-refractivity contribution in [1.82, 2.24) is 9.99 Å². The molecule has 8 nitrogen and oxygen atoms in total. The summed E-state index contributed by atoms with van der Waals surface area (Å²) in [4.78, 5) is 31.6. The van der Waals surface area contributed by atoms with Gasteiger partial charge in [0.15, 0.2) is 12.1 Å². The van der Waals surface area contributed by atoms with E-state index in [-0.39, 0.29) is 12.5 Å². The zero-order chi connectivity index (χ0) is 21.7. The molecular formula is C22H18ClN5O3. The number of amides is 2. The number of fused-ring (bicyclic) bond motifs is 1. The molecule has 1 aromatic heterocycles. The van der Waals surface area contributed by atoms with Gasteiger partial charge in [-0.3, -0.25) is 14.6 Å². The molecule has 2 amide bonds. The first-order chi connectivity index (χ1) is 14.9. The van der Waals surface area contributed by atoms with Gasteiger partial charge in [-0.2, -0.15) is 5.11 Å². The van der Waals surface area contributed by atoms with E-state index in [2.05, 4.69) is 15.3 Å². The van der Waals surface area contributed by atoms with Gasteiger partial charge in [0.1, 0.15) is 11.5 Å². The summed E-state index contributed by atoms with van der Waals surface area (Å²) < 4.78 is 5.83. The van der Waals surface area contributed by atoms with Crippen LogP contribution in [0.4, 0.5) is 5.69 Å². The zero-order valence-electron chi connectivity index (χ0n) is 16.8. The van der Waals surface area contributed by atoms with Gasteiger partial charge in [-0.25, -0.2) is 9.88 Å². The molecule has 31 heavy (non-hydrogen) atoms. The third-order valence-corrected chi connectivity index (χ3v) is 5.70. The molecule has 0 saturated carbocycles. The number of carbonyl (C=O) groups is 2. The van der Waals surface area contributed by atoms with E-state index in [9.17, 15) is 9.59 Å². The molecule has 0 bridgehead atoms. The minimum Gasteiger partial charge on any atom is -0.441 e. The lowest BCUT2D eigenvalue weighted by Gasteiger charge is -2.19. The molecule has 9 heteroatoms. The van der Waals surface area contributed by atoms with E-state index in [4.69, 9.17) is 16.0 Å². The van der Waals surface area contributed by atoms with Crippen molar-refractivity contribution < 1.29 is 14.0 Å². The van der Waals surface area contributed by atoms with Crippen molar-refractivity contribution in [3.8, 4) is 11.5 Å². The fourth-order valence-corrected chi connectivity index (χ4v) is 3.87. The van der Waals surface area contributed by atoms with E-state index >= 15 is 0 Å². The quantitative estimate of drug-likeness (QED) is 0.575. The van der Waals surface area contributed by atoms with E-state index in [1.807, 2.05) is 38.1 Å². The highest BCUT2D eigenvalue weighted by Crippen LogP contribution is 2.34. The minimum absolute atomic E-state index is 0.208. The number of nitrogens with zero attached hydrogens (tertiary/aromatic N) is 5. The molecule has 0 N–H and O–H groups in total. The fourth-order valence-electron chi connectivity index (χ4n) is 3.75. The third-order valence-electron chi connectivity index (χ3n) is 5.45. The number of hydrogen-bond acceptors (Lipinski definition) is 7. The van der Waals surface area contributed by atoms with Crippen LogP contribution in [0.3, 0.4) is 0 Å². The largest absolute Gasteiger partial charge is 0.441 e. The molecule has 3 heterocycles. The van der Waals surface area contributed by atoms with Crippen LogP contribution >= 0.6 is 11.6 Å². The highest BCUT2D eigenvalue weighted by Gasteiger charge is 2.54. The van der Waals surface area contributed by atoms with E-state index < -0.39 is 18.0 Å². The first-order valence-corrected chi connectivity index (χ1v) is 10.1. The standard InChI is InChI=1S/C22H18ClN5O3/c1-12-3-5-14(6-4-12)20-24-17(13(2)31-20)11-27-19-18(25-26-27)21(29)28(22(19)30)16-9-7-15(23)8-10-16/h3-10,18-19H,11H2,1-2H3/t18-,19+/m1/s1. The number of anilines is 1. The Morgan fingerprint density at radius 3 is 2.42 bits per heavy atom. The molecule has 1 fully saturated rings. The Balaban J connectivity index is 1.39. The molecule has 0 spiro atoms. The van der Waals surface area contributed by atoms with Crippen LogP contribution in [0.1, 0.15) is 17.0 Å². The Kier molecular flexibility index (Phi) is 4.59. The van der Waals surface area contributed by atoms with Gasteiger partial charge in [0.05, 0.1) is 12.2 Å².